The Labute approximate surface area is 88.6 Å². The largest absolute Gasteiger partial charge is 0.480 e. The van der Waals surface area contributed by atoms with E-state index in [1.54, 1.807) is 18.9 Å². The quantitative estimate of drug-likeness (QED) is 0.747. The molecule has 2 unspecified atom stereocenters. The number of rotatable bonds is 4. The Balaban J connectivity index is 2.49. The first-order chi connectivity index (χ1) is 6.65. The summed E-state index contributed by atoms with van der Waals surface area (Å²) in [7, 11) is 1.65. The number of carboxylic acid groups (broad SMARTS) is 1. The van der Waals surface area contributed by atoms with Gasteiger partial charge in [0.1, 0.15) is 6.04 Å². The lowest BCUT2D eigenvalue weighted by Crippen LogP contribution is -2.49. The third-order valence-corrected chi connectivity index (χ3v) is 3.44. The molecule has 1 fully saturated rings. The second-order valence-electron chi connectivity index (χ2n) is 3.47. The number of carboxylic acids is 1. The molecule has 2 atom stereocenters. The second kappa shape index (κ2) is 5.58. The van der Waals surface area contributed by atoms with Crippen LogP contribution in [0.2, 0.25) is 0 Å². The molecule has 0 aromatic carbocycles. The van der Waals surface area contributed by atoms with Crippen molar-refractivity contribution in [2.75, 3.05) is 31.7 Å². The molecule has 14 heavy (non-hydrogen) atoms. The molecule has 0 radical (unpaired) electrons. The van der Waals surface area contributed by atoms with E-state index in [9.17, 15) is 4.79 Å². The molecule has 0 aromatic heterocycles. The standard InChI is InChI=1S/C9H17NO3S/c1-7(13-2)5-10-3-4-14-6-8(10)9(11)12/h7-8H,3-6H2,1-2H3,(H,11,12). The zero-order chi connectivity index (χ0) is 10.6. The molecule has 82 valence electrons. The van der Waals surface area contributed by atoms with Crippen molar-refractivity contribution in [1.82, 2.24) is 4.90 Å². The van der Waals surface area contributed by atoms with Gasteiger partial charge in [-0.05, 0) is 6.92 Å². The topological polar surface area (TPSA) is 49.8 Å². The smallest absolute Gasteiger partial charge is 0.321 e. The highest BCUT2D eigenvalue weighted by molar-refractivity contribution is 7.99. The highest BCUT2D eigenvalue weighted by Crippen LogP contribution is 2.17. The summed E-state index contributed by atoms with van der Waals surface area (Å²) in [5.74, 6) is 0.979. The van der Waals surface area contributed by atoms with E-state index in [0.717, 1.165) is 12.3 Å². The van der Waals surface area contributed by atoms with E-state index in [-0.39, 0.29) is 12.1 Å². The van der Waals surface area contributed by atoms with Gasteiger partial charge in [-0.1, -0.05) is 0 Å². The van der Waals surface area contributed by atoms with Gasteiger partial charge in [-0.15, -0.1) is 0 Å². The zero-order valence-corrected chi connectivity index (χ0v) is 9.42. The van der Waals surface area contributed by atoms with E-state index in [4.69, 9.17) is 9.84 Å². The highest BCUT2D eigenvalue weighted by atomic mass is 32.2. The van der Waals surface area contributed by atoms with Gasteiger partial charge in [-0.2, -0.15) is 11.8 Å². The molecular formula is C9H17NO3S. The van der Waals surface area contributed by atoms with E-state index < -0.39 is 5.97 Å². The van der Waals surface area contributed by atoms with Crippen molar-refractivity contribution in [2.45, 2.75) is 19.1 Å². The number of ether oxygens (including phenoxy) is 1. The number of hydrogen-bond acceptors (Lipinski definition) is 4. The van der Waals surface area contributed by atoms with Gasteiger partial charge in [-0.3, -0.25) is 9.69 Å². The van der Waals surface area contributed by atoms with Crippen LogP contribution in [0.25, 0.3) is 0 Å². The second-order valence-corrected chi connectivity index (χ2v) is 4.62. The normalized spacial score (nSPS) is 26.0. The van der Waals surface area contributed by atoms with E-state index in [1.807, 2.05) is 11.8 Å². The van der Waals surface area contributed by atoms with Gasteiger partial charge >= 0.3 is 5.97 Å². The molecule has 1 N–H and O–H groups in total. The Kier molecular flexibility index (Phi) is 4.71. The number of nitrogens with zero attached hydrogens (tertiary/aromatic N) is 1. The first kappa shape index (κ1) is 11.8. The van der Waals surface area contributed by atoms with Crippen molar-refractivity contribution >= 4 is 17.7 Å². The summed E-state index contributed by atoms with van der Waals surface area (Å²) in [6.07, 6.45) is 0.0972. The van der Waals surface area contributed by atoms with Crippen LogP contribution >= 0.6 is 11.8 Å². The molecule has 1 aliphatic rings. The number of carbonyl (C=O) groups is 1. The zero-order valence-electron chi connectivity index (χ0n) is 8.60. The van der Waals surface area contributed by atoms with E-state index in [2.05, 4.69) is 0 Å². The molecule has 4 nitrogen and oxygen atoms in total. The third-order valence-electron chi connectivity index (χ3n) is 2.42. The molecule has 0 saturated carbocycles. The predicted molar refractivity (Wildman–Crippen MR) is 56.8 cm³/mol. The van der Waals surface area contributed by atoms with Crippen LogP contribution in [0.5, 0.6) is 0 Å². The molecule has 0 amide bonds. The minimum atomic E-state index is -0.722. The van der Waals surface area contributed by atoms with E-state index >= 15 is 0 Å². The predicted octanol–water partition coefficient (Wildman–Crippen LogP) is 0.523. The molecule has 5 heteroatoms. The molecule has 0 spiro atoms. The summed E-state index contributed by atoms with van der Waals surface area (Å²) in [5.41, 5.74) is 0. The van der Waals surface area contributed by atoms with Gasteiger partial charge in [0.25, 0.3) is 0 Å². The van der Waals surface area contributed by atoms with Gasteiger partial charge in [-0.25, -0.2) is 0 Å². The molecule has 1 aliphatic heterocycles. The fraction of sp³-hybridized carbons (Fsp3) is 0.889. The summed E-state index contributed by atoms with van der Waals surface area (Å²) in [4.78, 5) is 12.9. The Morgan fingerprint density at radius 1 is 1.79 bits per heavy atom. The lowest BCUT2D eigenvalue weighted by atomic mass is 10.2. The average molecular weight is 219 g/mol. The summed E-state index contributed by atoms with van der Waals surface area (Å²) < 4.78 is 5.14. The van der Waals surface area contributed by atoms with Crippen LogP contribution in [0.4, 0.5) is 0 Å². The van der Waals surface area contributed by atoms with Crippen molar-refractivity contribution in [1.29, 1.82) is 0 Å². The summed E-state index contributed by atoms with van der Waals surface area (Å²) in [5, 5.41) is 9.00. The molecule has 0 aromatic rings. The Morgan fingerprint density at radius 2 is 2.50 bits per heavy atom. The maximum atomic E-state index is 10.9. The van der Waals surface area contributed by atoms with E-state index in [1.165, 1.54) is 0 Å². The first-order valence-corrected chi connectivity index (χ1v) is 5.88. The SMILES string of the molecule is COC(C)CN1CCSCC1C(=O)O. The van der Waals surface area contributed by atoms with Crippen LogP contribution in [-0.4, -0.2) is 59.8 Å². The Bertz CT molecular complexity index is 200. The van der Waals surface area contributed by atoms with Crippen molar-refractivity contribution in [3.8, 4) is 0 Å². The number of methoxy groups -OCH3 is 1. The van der Waals surface area contributed by atoms with Crippen LogP contribution in [0.3, 0.4) is 0 Å². The number of hydrogen-bond donors (Lipinski definition) is 1. The maximum absolute atomic E-state index is 10.9. The molecule has 1 rings (SSSR count). The minimum Gasteiger partial charge on any atom is -0.480 e. The lowest BCUT2D eigenvalue weighted by molar-refractivity contribution is -0.143. The molecule has 0 aliphatic carbocycles. The molecule has 1 saturated heterocycles. The van der Waals surface area contributed by atoms with Crippen LogP contribution < -0.4 is 0 Å². The number of thioether (sulfide) groups is 1. The van der Waals surface area contributed by atoms with Gasteiger partial charge in [0.05, 0.1) is 6.10 Å². The van der Waals surface area contributed by atoms with Crippen LogP contribution in [0, 0.1) is 0 Å². The van der Waals surface area contributed by atoms with Crippen LogP contribution in [0.1, 0.15) is 6.92 Å². The van der Waals surface area contributed by atoms with Crippen molar-refractivity contribution in [3.05, 3.63) is 0 Å². The monoisotopic (exact) mass is 219 g/mol. The van der Waals surface area contributed by atoms with Crippen molar-refractivity contribution in [2.24, 2.45) is 0 Å². The molecular weight excluding hydrogens is 202 g/mol. The fourth-order valence-electron chi connectivity index (χ4n) is 1.49. The molecule has 1 heterocycles. The summed E-state index contributed by atoms with van der Waals surface area (Å²) >= 11 is 1.71. The Hall–Kier alpha value is -0.260. The van der Waals surface area contributed by atoms with Crippen molar-refractivity contribution in [3.63, 3.8) is 0 Å². The van der Waals surface area contributed by atoms with Crippen LogP contribution in [-0.2, 0) is 9.53 Å². The lowest BCUT2D eigenvalue weighted by Gasteiger charge is -2.33. The van der Waals surface area contributed by atoms with Crippen molar-refractivity contribution < 1.29 is 14.6 Å². The third kappa shape index (κ3) is 3.15. The van der Waals surface area contributed by atoms with E-state index in [0.29, 0.717) is 12.3 Å². The fourth-order valence-corrected chi connectivity index (χ4v) is 2.60. The number of aliphatic carboxylic acids is 1. The summed E-state index contributed by atoms with van der Waals surface area (Å²) in [6.45, 7) is 3.50. The van der Waals surface area contributed by atoms with Gasteiger partial charge < -0.3 is 9.84 Å². The van der Waals surface area contributed by atoms with Gasteiger partial charge in [0.15, 0.2) is 0 Å². The Morgan fingerprint density at radius 3 is 3.07 bits per heavy atom. The average Bonchev–Trinajstić information content (AvgIpc) is 2.18. The molecule has 0 bridgehead atoms. The highest BCUT2D eigenvalue weighted by Gasteiger charge is 2.29. The minimum absolute atomic E-state index is 0.0972. The van der Waals surface area contributed by atoms with Gasteiger partial charge in [0.2, 0.25) is 0 Å². The van der Waals surface area contributed by atoms with Crippen LogP contribution in [0.15, 0.2) is 0 Å². The summed E-state index contributed by atoms with van der Waals surface area (Å²) in [6, 6.07) is -0.341. The first-order valence-electron chi connectivity index (χ1n) is 4.72. The van der Waals surface area contributed by atoms with Gasteiger partial charge in [0, 0.05) is 31.7 Å². The maximum Gasteiger partial charge on any atom is 0.321 e.